The highest BCUT2D eigenvalue weighted by Gasteiger charge is 2.08. The van der Waals surface area contributed by atoms with Crippen LogP contribution in [0.1, 0.15) is 11.3 Å². The van der Waals surface area contributed by atoms with Gasteiger partial charge in [0.15, 0.2) is 0 Å². The van der Waals surface area contributed by atoms with E-state index in [1.165, 1.54) is 12.1 Å². The lowest BCUT2D eigenvalue weighted by molar-refractivity contribution is -0.384. The number of benzene rings is 2. The van der Waals surface area contributed by atoms with Gasteiger partial charge in [-0.2, -0.15) is 5.26 Å². The van der Waals surface area contributed by atoms with E-state index in [4.69, 9.17) is 0 Å². The number of hydrogen-bond donors (Lipinski definition) is 0. The first kappa shape index (κ1) is 16.9. The summed E-state index contributed by atoms with van der Waals surface area (Å²) in [5.41, 5.74) is 2.95. The minimum absolute atomic E-state index is 0.00306. The molecule has 25 heavy (non-hydrogen) atoms. The second kappa shape index (κ2) is 7.32. The first-order valence-electron chi connectivity index (χ1n) is 7.38. The zero-order chi connectivity index (χ0) is 17.8. The second-order valence-corrected chi connectivity index (χ2v) is 6.50. The van der Waals surface area contributed by atoms with E-state index in [9.17, 15) is 15.4 Å². The summed E-state index contributed by atoms with van der Waals surface area (Å²) in [5.74, 6) is 0. The Hall–Kier alpha value is -2.92. The van der Waals surface area contributed by atoms with Gasteiger partial charge in [0.05, 0.1) is 16.6 Å². The Morgan fingerprint density at radius 1 is 1.12 bits per heavy atom. The van der Waals surface area contributed by atoms with Crippen LogP contribution in [0.4, 0.5) is 5.69 Å². The monoisotopic (exact) mass is 441 g/mol. The Bertz CT molecular complexity index is 981. The van der Waals surface area contributed by atoms with Crippen LogP contribution in [0.15, 0.2) is 66.9 Å². The highest BCUT2D eigenvalue weighted by Crippen LogP contribution is 2.23. The van der Waals surface area contributed by atoms with Crippen molar-refractivity contribution in [2.75, 3.05) is 0 Å². The van der Waals surface area contributed by atoms with E-state index in [2.05, 4.69) is 28.7 Å². The second-order valence-electron chi connectivity index (χ2n) is 5.25. The number of rotatable bonds is 4. The maximum absolute atomic E-state index is 10.8. The number of nitro benzene ring substituents is 1. The predicted octanol–water partition coefficient (Wildman–Crippen LogP) is 5.05. The highest BCUT2D eigenvalue weighted by atomic mass is 127. The van der Waals surface area contributed by atoms with E-state index in [-0.39, 0.29) is 5.69 Å². The molecular formula is C19H12IN3O2. The average molecular weight is 441 g/mol. The molecule has 3 aromatic rings. The topological polar surface area (TPSA) is 71.9 Å². The zero-order valence-corrected chi connectivity index (χ0v) is 15.1. The lowest BCUT2D eigenvalue weighted by Crippen LogP contribution is -1.95. The molecule has 5 nitrogen and oxygen atoms in total. The highest BCUT2D eigenvalue weighted by molar-refractivity contribution is 14.1. The van der Waals surface area contributed by atoms with Crippen molar-refractivity contribution in [3.8, 4) is 11.8 Å². The van der Waals surface area contributed by atoms with Crippen molar-refractivity contribution in [3.05, 3.63) is 91.8 Å². The van der Waals surface area contributed by atoms with Gasteiger partial charge in [0.2, 0.25) is 0 Å². The molecule has 1 heterocycles. The van der Waals surface area contributed by atoms with Crippen molar-refractivity contribution in [2.45, 2.75) is 0 Å². The van der Waals surface area contributed by atoms with Crippen LogP contribution in [0, 0.1) is 25.0 Å². The third kappa shape index (κ3) is 3.78. The van der Waals surface area contributed by atoms with Crippen LogP contribution in [0.3, 0.4) is 0 Å². The van der Waals surface area contributed by atoms with E-state index in [0.29, 0.717) is 11.1 Å². The van der Waals surface area contributed by atoms with Gasteiger partial charge in [-0.15, -0.1) is 0 Å². The van der Waals surface area contributed by atoms with E-state index in [0.717, 1.165) is 15.0 Å². The fraction of sp³-hybridized carbons (Fsp3) is 0. The molecule has 0 atom stereocenters. The standard InChI is InChI=1S/C19H12IN3O2/c20-16-5-9-17(10-6-16)22-11-1-2-19(22)12-15(13-21)14-3-7-18(8-4-14)23(24)25/h1-12H/b15-12-. The number of halogens is 1. The molecule has 2 aromatic carbocycles. The van der Waals surface area contributed by atoms with Crippen molar-refractivity contribution in [1.82, 2.24) is 4.57 Å². The van der Waals surface area contributed by atoms with Crippen molar-refractivity contribution in [1.29, 1.82) is 5.26 Å². The molecule has 0 bridgehead atoms. The summed E-state index contributed by atoms with van der Waals surface area (Å²) in [5, 5.41) is 20.2. The summed E-state index contributed by atoms with van der Waals surface area (Å²) in [6, 6.07) is 20.0. The van der Waals surface area contributed by atoms with E-state index < -0.39 is 4.92 Å². The largest absolute Gasteiger partial charge is 0.317 e. The summed E-state index contributed by atoms with van der Waals surface area (Å²) in [6.07, 6.45) is 3.71. The molecule has 3 rings (SSSR count). The predicted molar refractivity (Wildman–Crippen MR) is 105 cm³/mol. The number of nitrogens with zero attached hydrogens (tertiary/aromatic N) is 3. The quantitative estimate of drug-likeness (QED) is 0.246. The molecule has 0 aliphatic heterocycles. The first-order valence-corrected chi connectivity index (χ1v) is 8.46. The molecule has 0 amide bonds. The van der Waals surface area contributed by atoms with Gasteiger partial charge in [0.1, 0.15) is 0 Å². The molecule has 0 saturated heterocycles. The van der Waals surface area contributed by atoms with Crippen LogP contribution >= 0.6 is 22.6 Å². The first-order chi connectivity index (χ1) is 12.1. The maximum Gasteiger partial charge on any atom is 0.269 e. The van der Waals surface area contributed by atoms with Crippen molar-refractivity contribution >= 4 is 39.9 Å². The molecule has 0 aliphatic rings. The van der Waals surface area contributed by atoms with Crippen LogP contribution in [0.5, 0.6) is 0 Å². The van der Waals surface area contributed by atoms with Crippen LogP contribution < -0.4 is 0 Å². The van der Waals surface area contributed by atoms with Gasteiger partial charge in [-0.05, 0) is 82.8 Å². The van der Waals surface area contributed by atoms with E-state index in [1.807, 2.05) is 47.2 Å². The van der Waals surface area contributed by atoms with Gasteiger partial charge >= 0.3 is 0 Å². The lowest BCUT2D eigenvalue weighted by atomic mass is 10.1. The lowest BCUT2D eigenvalue weighted by Gasteiger charge is -2.07. The fourth-order valence-electron chi connectivity index (χ4n) is 2.44. The Kier molecular flexibility index (Phi) is 4.95. The molecule has 0 unspecified atom stereocenters. The van der Waals surface area contributed by atoms with Crippen LogP contribution in [-0.2, 0) is 0 Å². The van der Waals surface area contributed by atoms with Crippen LogP contribution in [0.25, 0.3) is 17.3 Å². The maximum atomic E-state index is 10.8. The Morgan fingerprint density at radius 2 is 1.80 bits per heavy atom. The van der Waals surface area contributed by atoms with Gasteiger partial charge in [0, 0.05) is 33.3 Å². The number of hydrogen-bond acceptors (Lipinski definition) is 3. The molecule has 6 heteroatoms. The Morgan fingerprint density at radius 3 is 2.40 bits per heavy atom. The minimum atomic E-state index is -0.457. The summed E-state index contributed by atoms with van der Waals surface area (Å²) in [4.78, 5) is 10.3. The molecule has 1 aromatic heterocycles. The molecule has 0 aliphatic carbocycles. The number of nitriles is 1. The summed E-state index contributed by atoms with van der Waals surface area (Å²) < 4.78 is 3.13. The molecule has 0 saturated carbocycles. The van der Waals surface area contributed by atoms with Gasteiger partial charge in [-0.1, -0.05) is 0 Å². The Balaban J connectivity index is 1.99. The molecule has 0 spiro atoms. The number of allylic oxidation sites excluding steroid dienone is 1. The Labute approximate surface area is 158 Å². The zero-order valence-electron chi connectivity index (χ0n) is 13.0. The molecule has 0 fully saturated rings. The van der Waals surface area contributed by atoms with E-state index in [1.54, 1.807) is 18.2 Å². The van der Waals surface area contributed by atoms with Gasteiger partial charge in [-0.3, -0.25) is 10.1 Å². The summed E-state index contributed by atoms with van der Waals surface area (Å²) >= 11 is 2.25. The molecule has 0 N–H and O–H groups in total. The third-order valence-corrected chi connectivity index (χ3v) is 4.41. The number of aromatic nitrogens is 1. The third-order valence-electron chi connectivity index (χ3n) is 3.69. The van der Waals surface area contributed by atoms with E-state index >= 15 is 0 Å². The molecule has 122 valence electrons. The van der Waals surface area contributed by atoms with Gasteiger partial charge in [-0.25, -0.2) is 0 Å². The number of non-ortho nitro benzene ring substituents is 1. The minimum Gasteiger partial charge on any atom is -0.317 e. The van der Waals surface area contributed by atoms with Crippen LogP contribution in [-0.4, -0.2) is 9.49 Å². The van der Waals surface area contributed by atoms with Gasteiger partial charge in [0.25, 0.3) is 5.69 Å². The fourth-order valence-corrected chi connectivity index (χ4v) is 2.80. The summed E-state index contributed by atoms with van der Waals surface area (Å²) in [6.45, 7) is 0. The summed E-state index contributed by atoms with van der Waals surface area (Å²) in [7, 11) is 0. The average Bonchev–Trinajstić information content (AvgIpc) is 3.08. The SMILES string of the molecule is N#C/C(=C/c1cccn1-c1ccc(I)cc1)c1ccc([N+](=O)[O-])cc1. The van der Waals surface area contributed by atoms with Crippen molar-refractivity contribution in [2.24, 2.45) is 0 Å². The van der Waals surface area contributed by atoms with Crippen molar-refractivity contribution < 1.29 is 4.92 Å². The van der Waals surface area contributed by atoms with Gasteiger partial charge < -0.3 is 4.57 Å². The van der Waals surface area contributed by atoms with Crippen LogP contribution in [0.2, 0.25) is 0 Å². The van der Waals surface area contributed by atoms with Crippen molar-refractivity contribution in [3.63, 3.8) is 0 Å². The smallest absolute Gasteiger partial charge is 0.269 e. The number of nitro groups is 1. The normalized spacial score (nSPS) is 11.1. The molecular weight excluding hydrogens is 429 g/mol. The molecule has 0 radical (unpaired) electrons.